The van der Waals surface area contributed by atoms with E-state index >= 15 is 0 Å². The Kier molecular flexibility index (Phi) is 5.99. The molecule has 2 aromatic rings. The third-order valence-electron chi connectivity index (χ3n) is 5.77. The standard InChI is InChI=1S/C23H26FN5O2/c1-13(22(30)29-19-8-7-18-17(19)6-9-21(25)28-18)27-23(31)20-12-15(10-11-26-20)14-2-4-16(24)5-3-14/h2-6,9,12-13,19-20,26H,7-8,10-11H2,1H3,(H2,25,28)(H,27,31)(H,29,30)/t13-,19+,20?/m0/s1. The number of hydrogen-bond donors (Lipinski definition) is 4. The number of amides is 2. The van der Waals surface area contributed by atoms with E-state index in [1.54, 1.807) is 25.1 Å². The van der Waals surface area contributed by atoms with Crippen LogP contribution in [0.15, 0.2) is 42.5 Å². The van der Waals surface area contributed by atoms with Crippen LogP contribution in [0.2, 0.25) is 0 Å². The van der Waals surface area contributed by atoms with Crippen LogP contribution in [-0.4, -0.2) is 35.4 Å². The molecule has 1 aliphatic carbocycles. The summed E-state index contributed by atoms with van der Waals surface area (Å²) in [7, 11) is 0. The van der Waals surface area contributed by atoms with Gasteiger partial charge in [0.1, 0.15) is 23.7 Å². The molecule has 0 saturated carbocycles. The number of hydrogen-bond acceptors (Lipinski definition) is 5. The Balaban J connectivity index is 1.36. The second-order valence-electron chi connectivity index (χ2n) is 7.98. The number of nitrogens with two attached hydrogens (primary N) is 1. The average Bonchev–Trinajstić information content (AvgIpc) is 3.15. The minimum atomic E-state index is -0.690. The van der Waals surface area contributed by atoms with Crippen LogP contribution in [0.3, 0.4) is 0 Å². The molecular formula is C23H26FN5O2. The zero-order valence-corrected chi connectivity index (χ0v) is 17.3. The Labute approximate surface area is 180 Å². The third-order valence-corrected chi connectivity index (χ3v) is 5.77. The van der Waals surface area contributed by atoms with Crippen molar-refractivity contribution in [2.24, 2.45) is 0 Å². The van der Waals surface area contributed by atoms with Gasteiger partial charge in [0.2, 0.25) is 11.8 Å². The Morgan fingerprint density at radius 3 is 2.74 bits per heavy atom. The molecule has 31 heavy (non-hydrogen) atoms. The van der Waals surface area contributed by atoms with Gasteiger partial charge in [0.05, 0.1) is 6.04 Å². The van der Waals surface area contributed by atoms with Crippen LogP contribution >= 0.6 is 0 Å². The van der Waals surface area contributed by atoms with E-state index in [4.69, 9.17) is 5.73 Å². The fourth-order valence-electron chi connectivity index (χ4n) is 4.08. The van der Waals surface area contributed by atoms with E-state index in [0.717, 1.165) is 41.7 Å². The van der Waals surface area contributed by atoms with Crippen molar-refractivity contribution in [2.45, 2.75) is 44.3 Å². The maximum atomic E-state index is 13.2. The van der Waals surface area contributed by atoms with Gasteiger partial charge in [0.25, 0.3) is 0 Å². The Hall–Kier alpha value is -3.26. The van der Waals surface area contributed by atoms with Crippen molar-refractivity contribution in [2.75, 3.05) is 12.3 Å². The molecule has 0 spiro atoms. The molecule has 1 aromatic carbocycles. The van der Waals surface area contributed by atoms with Gasteiger partial charge in [-0.15, -0.1) is 0 Å². The Morgan fingerprint density at radius 1 is 1.19 bits per heavy atom. The highest BCUT2D eigenvalue weighted by Crippen LogP contribution is 2.30. The lowest BCUT2D eigenvalue weighted by Gasteiger charge is -2.24. The minimum absolute atomic E-state index is 0.132. The zero-order valence-electron chi connectivity index (χ0n) is 17.3. The van der Waals surface area contributed by atoms with Gasteiger partial charge in [-0.25, -0.2) is 9.37 Å². The van der Waals surface area contributed by atoms with Crippen LogP contribution in [0, 0.1) is 5.82 Å². The summed E-state index contributed by atoms with van der Waals surface area (Å²) >= 11 is 0. The third kappa shape index (κ3) is 4.74. The van der Waals surface area contributed by atoms with Gasteiger partial charge in [0, 0.05) is 12.2 Å². The predicted molar refractivity (Wildman–Crippen MR) is 116 cm³/mol. The van der Waals surface area contributed by atoms with E-state index in [1.807, 2.05) is 12.1 Å². The SMILES string of the molecule is C[C@H](NC(=O)C1C=C(c2ccc(F)cc2)CCN1)C(=O)N[C@@H]1CCc2nc(N)ccc21. The fraction of sp³-hybridized carbons (Fsp3) is 0.348. The molecule has 0 bridgehead atoms. The summed E-state index contributed by atoms with van der Waals surface area (Å²) in [6.45, 7) is 2.29. The smallest absolute Gasteiger partial charge is 0.242 e. The zero-order chi connectivity index (χ0) is 22.0. The molecule has 1 aliphatic heterocycles. The van der Waals surface area contributed by atoms with Gasteiger partial charge in [-0.2, -0.15) is 0 Å². The van der Waals surface area contributed by atoms with Crippen LogP contribution < -0.4 is 21.7 Å². The van der Waals surface area contributed by atoms with E-state index in [9.17, 15) is 14.0 Å². The molecule has 8 heteroatoms. The molecule has 2 amide bonds. The number of pyridine rings is 1. The Morgan fingerprint density at radius 2 is 1.97 bits per heavy atom. The van der Waals surface area contributed by atoms with Crippen LogP contribution in [0.1, 0.15) is 42.6 Å². The number of carbonyl (C=O) groups is 2. The highest BCUT2D eigenvalue weighted by atomic mass is 19.1. The van der Waals surface area contributed by atoms with Crippen molar-refractivity contribution in [3.8, 4) is 0 Å². The van der Waals surface area contributed by atoms with E-state index in [0.29, 0.717) is 12.4 Å². The van der Waals surface area contributed by atoms with Crippen LogP contribution in [0.4, 0.5) is 10.2 Å². The second-order valence-corrected chi connectivity index (χ2v) is 7.98. The topological polar surface area (TPSA) is 109 Å². The maximum absolute atomic E-state index is 13.2. The molecule has 1 aromatic heterocycles. The highest BCUT2D eigenvalue weighted by Gasteiger charge is 2.28. The summed E-state index contributed by atoms with van der Waals surface area (Å²) in [6.07, 6.45) is 4.09. The second kappa shape index (κ2) is 8.85. The number of aromatic nitrogens is 1. The summed E-state index contributed by atoms with van der Waals surface area (Å²) in [4.78, 5) is 29.7. The molecule has 0 saturated heterocycles. The largest absolute Gasteiger partial charge is 0.384 e. The number of halogens is 1. The number of fused-ring (bicyclic) bond motifs is 1. The van der Waals surface area contributed by atoms with Crippen molar-refractivity contribution < 1.29 is 14.0 Å². The van der Waals surface area contributed by atoms with Gasteiger partial charge < -0.3 is 21.7 Å². The van der Waals surface area contributed by atoms with Crippen molar-refractivity contribution in [1.82, 2.24) is 20.9 Å². The number of rotatable bonds is 5. The lowest BCUT2D eigenvalue weighted by molar-refractivity contribution is -0.129. The first kappa shape index (κ1) is 21.0. The normalized spacial score (nSPS) is 21.0. The molecule has 162 valence electrons. The molecular weight excluding hydrogens is 397 g/mol. The monoisotopic (exact) mass is 423 g/mol. The number of benzene rings is 1. The molecule has 7 nitrogen and oxygen atoms in total. The number of aryl methyl sites for hydroxylation is 1. The quantitative estimate of drug-likeness (QED) is 0.587. The highest BCUT2D eigenvalue weighted by molar-refractivity contribution is 5.92. The summed E-state index contributed by atoms with van der Waals surface area (Å²) in [5.41, 5.74) is 9.48. The molecule has 0 fully saturated rings. The first-order valence-electron chi connectivity index (χ1n) is 10.5. The van der Waals surface area contributed by atoms with Gasteiger partial charge in [-0.05, 0) is 61.1 Å². The van der Waals surface area contributed by atoms with Crippen LogP contribution in [0.25, 0.3) is 5.57 Å². The number of nitrogens with zero attached hydrogens (tertiary/aromatic N) is 1. The van der Waals surface area contributed by atoms with Crippen LogP contribution in [-0.2, 0) is 16.0 Å². The summed E-state index contributed by atoms with van der Waals surface area (Å²) < 4.78 is 13.2. The molecule has 3 atom stereocenters. The number of carbonyl (C=O) groups excluding carboxylic acids is 2. The molecule has 2 heterocycles. The van der Waals surface area contributed by atoms with Crippen molar-refractivity contribution in [3.63, 3.8) is 0 Å². The van der Waals surface area contributed by atoms with Gasteiger partial charge >= 0.3 is 0 Å². The maximum Gasteiger partial charge on any atom is 0.242 e. The molecule has 1 unspecified atom stereocenters. The van der Waals surface area contributed by atoms with Crippen molar-refractivity contribution in [1.29, 1.82) is 0 Å². The summed E-state index contributed by atoms with van der Waals surface area (Å²) in [5.74, 6) is -0.347. The molecule has 4 rings (SSSR count). The lowest BCUT2D eigenvalue weighted by Crippen LogP contribution is -2.52. The van der Waals surface area contributed by atoms with Crippen LogP contribution in [0.5, 0.6) is 0 Å². The summed E-state index contributed by atoms with van der Waals surface area (Å²) in [5, 5.41) is 8.93. The molecule has 2 aliphatic rings. The number of nitrogen functional groups attached to an aromatic ring is 1. The Bertz CT molecular complexity index is 1020. The lowest BCUT2D eigenvalue weighted by atomic mass is 9.96. The number of anilines is 1. The van der Waals surface area contributed by atoms with Gasteiger partial charge in [0.15, 0.2) is 0 Å². The first-order valence-corrected chi connectivity index (χ1v) is 10.5. The van der Waals surface area contributed by atoms with Crippen molar-refractivity contribution >= 4 is 23.2 Å². The van der Waals surface area contributed by atoms with Gasteiger partial charge in [-0.3, -0.25) is 9.59 Å². The van der Waals surface area contributed by atoms with Gasteiger partial charge in [-0.1, -0.05) is 24.3 Å². The first-order chi connectivity index (χ1) is 14.9. The van der Waals surface area contributed by atoms with E-state index in [2.05, 4.69) is 20.9 Å². The number of nitrogens with one attached hydrogen (secondary N) is 3. The fourth-order valence-corrected chi connectivity index (χ4v) is 4.08. The molecule has 0 radical (unpaired) electrons. The minimum Gasteiger partial charge on any atom is -0.384 e. The van der Waals surface area contributed by atoms with E-state index in [1.165, 1.54) is 12.1 Å². The predicted octanol–water partition coefficient (Wildman–Crippen LogP) is 1.86. The molecule has 5 N–H and O–H groups in total. The van der Waals surface area contributed by atoms with E-state index in [-0.39, 0.29) is 23.7 Å². The average molecular weight is 423 g/mol. The summed E-state index contributed by atoms with van der Waals surface area (Å²) in [6, 6.07) is 8.48. The van der Waals surface area contributed by atoms with E-state index < -0.39 is 12.1 Å². The van der Waals surface area contributed by atoms with Crippen molar-refractivity contribution in [3.05, 3.63) is 65.1 Å².